The summed E-state index contributed by atoms with van der Waals surface area (Å²) in [6, 6.07) is 7.29. The Bertz CT molecular complexity index is 530. The lowest BCUT2D eigenvalue weighted by molar-refractivity contribution is 0.378. The van der Waals surface area contributed by atoms with Crippen LogP contribution >= 0.6 is 0 Å². The normalized spacial score (nSPS) is 14.1. The molecule has 0 bridgehead atoms. The third kappa shape index (κ3) is 6.16. The van der Waals surface area contributed by atoms with Crippen molar-refractivity contribution < 1.29 is 8.42 Å². The first-order valence-electron chi connectivity index (χ1n) is 7.49. The first-order valence-corrected chi connectivity index (χ1v) is 8.97. The third-order valence-corrected chi connectivity index (χ3v) is 4.84. The molecule has 0 spiro atoms. The number of sulfonamides is 1. The highest BCUT2D eigenvalue weighted by Crippen LogP contribution is 2.19. The summed E-state index contributed by atoms with van der Waals surface area (Å²) in [5, 5.41) is 3.31. The van der Waals surface area contributed by atoms with E-state index in [4.69, 9.17) is 0 Å². The fraction of sp³-hybridized carbons (Fsp3) is 0.625. The molecule has 0 heterocycles. The fourth-order valence-corrected chi connectivity index (χ4v) is 3.04. The smallest absolute Gasteiger partial charge is 0.240 e. The number of hydrogen-bond donors (Lipinski definition) is 2. The van der Waals surface area contributed by atoms with Gasteiger partial charge in [0.2, 0.25) is 10.0 Å². The van der Waals surface area contributed by atoms with E-state index in [1.165, 1.54) is 0 Å². The quantitative estimate of drug-likeness (QED) is 0.813. The summed E-state index contributed by atoms with van der Waals surface area (Å²) in [7, 11) is -3.41. The van der Waals surface area contributed by atoms with Gasteiger partial charge in [-0.25, -0.2) is 13.1 Å². The van der Waals surface area contributed by atoms with Gasteiger partial charge in [-0.1, -0.05) is 39.8 Å². The summed E-state index contributed by atoms with van der Waals surface area (Å²) in [4.78, 5) is 0.323. The second kappa shape index (κ2) is 7.38. The highest BCUT2D eigenvalue weighted by Gasteiger charge is 2.16. The Kier molecular flexibility index (Phi) is 6.38. The van der Waals surface area contributed by atoms with E-state index in [2.05, 4.69) is 44.7 Å². The average Bonchev–Trinajstić information content (AvgIpc) is 2.37. The van der Waals surface area contributed by atoms with Crippen molar-refractivity contribution in [3.63, 3.8) is 0 Å². The fourth-order valence-electron chi connectivity index (χ4n) is 2.00. The molecule has 1 aromatic carbocycles. The van der Waals surface area contributed by atoms with Gasteiger partial charge in [-0.2, -0.15) is 0 Å². The zero-order valence-corrected chi connectivity index (χ0v) is 14.5. The summed E-state index contributed by atoms with van der Waals surface area (Å²) in [5.41, 5.74) is 1.21. The molecule has 120 valence electrons. The Hall–Kier alpha value is -0.910. The van der Waals surface area contributed by atoms with Crippen molar-refractivity contribution in [1.29, 1.82) is 0 Å². The Labute approximate surface area is 129 Å². The summed E-state index contributed by atoms with van der Waals surface area (Å²) in [6.07, 6.45) is 0.807. The van der Waals surface area contributed by atoms with E-state index in [1.54, 1.807) is 12.1 Å². The third-order valence-electron chi connectivity index (χ3n) is 3.37. The molecule has 21 heavy (non-hydrogen) atoms. The molecule has 5 heteroatoms. The molecular formula is C16H28N2O2S. The summed E-state index contributed by atoms with van der Waals surface area (Å²) < 4.78 is 27.1. The number of hydrogen-bond acceptors (Lipinski definition) is 3. The summed E-state index contributed by atoms with van der Waals surface area (Å²) in [6.45, 7) is 11.7. The molecule has 0 aliphatic heterocycles. The largest absolute Gasteiger partial charge is 0.310 e. The van der Waals surface area contributed by atoms with Crippen molar-refractivity contribution in [3.8, 4) is 0 Å². The van der Waals surface area contributed by atoms with E-state index in [0.29, 0.717) is 11.4 Å². The molecule has 0 amide bonds. The van der Waals surface area contributed by atoms with Crippen molar-refractivity contribution in [2.75, 3.05) is 13.1 Å². The predicted octanol–water partition coefficient (Wildman–Crippen LogP) is 3.07. The van der Waals surface area contributed by atoms with Crippen molar-refractivity contribution in [2.45, 2.75) is 52.0 Å². The van der Waals surface area contributed by atoms with Crippen LogP contribution in [0.3, 0.4) is 0 Å². The maximum Gasteiger partial charge on any atom is 0.240 e. The Morgan fingerprint density at radius 1 is 1.14 bits per heavy atom. The topological polar surface area (TPSA) is 58.2 Å². The van der Waals surface area contributed by atoms with Crippen LogP contribution in [0.4, 0.5) is 0 Å². The van der Waals surface area contributed by atoms with Crippen molar-refractivity contribution in [3.05, 3.63) is 29.8 Å². The number of benzene rings is 1. The van der Waals surface area contributed by atoms with Crippen molar-refractivity contribution >= 4 is 10.0 Å². The first kappa shape index (κ1) is 18.1. The molecule has 1 rings (SSSR count). The van der Waals surface area contributed by atoms with Crippen LogP contribution in [-0.2, 0) is 10.0 Å². The highest BCUT2D eigenvalue weighted by molar-refractivity contribution is 7.89. The van der Waals surface area contributed by atoms with Crippen molar-refractivity contribution in [2.24, 2.45) is 5.41 Å². The van der Waals surface area contributed by atoms with Gasteiger partial charge in [-0.15, -0.1) is 0 Å². The van der Waals surface area contributed by atoms with E-state index in [9.17, 15) is 8.42 Å². The van der Waals surface area contributed by atoms with Crippen LogP contribution in [0.2, 0.25) is 0 Å². The Morgan fingerprint density at radius 3 is 2.19 bits per heavy atom. The molecule has 4 nitrogen and oxygen atoms in total. The molecule has 0 radical (unpaired) electrons. The molecule has 1 aromatic rings. The van der Waals surface area contributed by atoms with Crippen LogP contribution in [0.5, 0.6) is 0 Å². The van der Waals surface area contributed by atoms with Gasteiger partial charge in [0.1, 0.15) is 0 Å². The van der Waals surface area contributed by atoms with Gasteiger partial charge >= 0.3 is 0 Å². The molecule has 0 fully saturated rings. The van der Waals surface area contributed by atoms with Crippen LogP contribution < -0.4 is 10.0 Å². The molecule has 1 atom stereocenters. The van der Waals surface area contributed by atoms with Gasteiger partial charge in [0.05, 0.1) is 4.90 Å². The van der Waals surface area contributed by atoms with Crippen LogP contribution in [-0.4, -0.2) is 21.5 Å². The van der Waals surface area contributed by atoms with E-state index in [1.807, 2.05) is 12.1 Å². The van der Waals surface area contributed by atoms with Crippen LogP contribution in [0.25, 0.3) is 0 Å². The molecule has 0 aliphatic rings. The monoisotopic (exact) mass is 312 g/mol. The average molecular weight is 312 g/mol. The minimum atomic E-state index is -3.41. The maximum atomic E-state index is 12.2. The van der Waals surface area contributed by atoms with E-state index >= 15 is 0 Å². The SMILES string of the molecule is CCNC(C)c1ccc(S(=O)(=O)NCCC(C)(C)C)cc1. The van der Waals surface area contributed by atoms with Gasteiger partial charge in [-0.05, 0) is 43.0 Å². The Morgan fingerprint density at radius 2 is 1.71 bits per heavy atom. The number of rotatable bonds is 7. The maximum absolute atomic E-state index is 12.2. The van der Waals surface area contributed by atoms with Gasteiger partial charge < -0.3 is 5.32 Å². The van der Waals surface area contributed by atoms with Crippen LogP contribution in [0.15, 0.2) is 29.2 Å². The lowest BCUT2D eigenvalue weighted by Crippen LogP contribution is -2.27. The van der Waals surface area contributed by atoms with E-state index in [0.717, 1.165) is 18.5 Å². The van der Waals surface area contributed by atoms with Crippen LogP contribution in [0.1, 0.15) is 52.6 Å². The van der Waals surface area contributed by atoms with E-state index < -0.39 is 10.0 Å². The van der Waals surface area contributed by atoms with E-state index in [-0.39, 0.29) is 11.5 Å². The number of nitrogens with one attached hydrogen (secondary N) is 2. The molecule has 2 N–H and O–H groups in total. The zero-order valence-electron chi connectivity index (χ0n) is 13.7. The van der Waals surface area contributed by atoms with Gasteiger partial charge in [0, 0.05) is 12.6 Å². The summed E-state index contributed by atoms with van der Waals surface area (Å²) >= 11 is 0. The van der Waals surface area contributed by atoms with Gasteiger partial charge in [0.15, 0.2) is 0 Å². The second-order valence-electron chi connectivity index (χ2n) is 6.56. The lowest BCUT2D eigenvalue weighted by Gasteiger charge is -2.18. The predicted molar refractivity (Wildman–Crippen MR) is 87.8 cm³/mol. The second-order valence-corrected chi connectivity index (χ2v) is 8.32. The minimum absolute atomic E-state index is 0.119. The summed E-state index contributed by atoms with van der Waals surface area (Å²) in [5.74, 6) is 0. The Balaban J connectivity index is 2.71. The van der Waals surface area contributed by atoms with Crippen LogP contribution in [0, 0.1) is 5.41 Å². The molecule has 1 unspecified atom stereocenters. The van der Waals surface area contributed by atoms with Crippen molar-refractivity contribution in [1.82, 2.24) is 10.0 Å². The standard InChI is InChI=1S/C16H28N2O2S/c1-6-17-13(2)14-7-9-15(10-8-14)21(19,20)18-12-11-16(3,4)5/h7-10,13,17-18H,6,11-12H2,1-5H3. The minimum Gasteiger partial charge on any atom is -0.310 e. The zero-order chi connectivity index (χ0) is 16.1. The van der Waals surface area contributed by atoms with Gasteiger partial charge in [-0.3, -0.25) is 0 Å². The molecule has 0 saturated carbocycles. The lowest BCUT2D eigenvalue weighted by atomic mass is 9.93. The molecule has 0 aromatic heterocycles. The molecular weight excluding hydrogens is 284 g/mol. The van der Waals surface area contributed by atoms with Gasteiger partial charge in [0.25, 0.3) is 0 Å². The first-order chi connectivity index (χ1) is 9.65. The molecule has 0 saturated heterocycles. The molecule has 0 aliphatic carbocycles. The highest BCUT2D eigenvalue weighted by atomic mass is 32.2.